The van der Waals surface area contributed by atoms with Crippen LogP contribution in [-0.4, -0.2) is 19.6 Å². The Labute approximate surface area is 124 Å². The van der Waals surface area contributed by atoms with Gasteiger partial charge in [0.15, 0.2) is 0 Å². The molecule has 0 bridgehead atoms. The molecule has 0 aliphatic carbocycles. The van der Waals surface area contributed by atoms with Gasteiger partial charge in [-0.25, -0.2) is 4.18 Å². The summed E-state index contributed by atoms with van der Waals surface area (Å²) in [6.45, 7) is 4.36. The molecule has 0 aromatic rings. The lowest BCUT2D eigenvalue weighted by molar-refractivity contribution is 0.234. The fourth-order valence-corrected chi connectivity index (χ4v) is 2.39. The first-order valence-electron chi connectivity index (χ1n) is 7.78. The van der Waals surface area contributed by atoms with Crippen molar-refractivity contribution >= 4 is 10.4 Å². The minimum atomic E-state index is -4.33. The Balaban J connectivity index is 4.09. The number of hydrogen-bond donors (Lipinski definition) is 1. The highest BCUT2D eigenvalue weighted by atomic mass is 32.3. The third-order valence-corrected chi connectivity index (χ3v) is 3.68. The normalized spacial score (nSPS) is 13.9. The van der Waals surface area contributed by atoms with E-state index in [1.807, 2.05) is 6.08 Å². The fourth-order valence-electron chi connectivity index (χ4n) is 2.04. The van der Waals surface area contributed by atoms with Crippen LogP contribution in [0.25, 0.3) is 0 Å². The summed E-state index contributed by atoms with van der Waals surface area (Å²) >= 11 is 0. The summed E-state index contributed by atoms with van der Waals surface area (Å²) in [7, 11) is -4.33. The summed E-state index contributed by atoms with van der Waals surface area (Å²) in [6.07, 6.45) is 14.2. The highest BCUT2D eigenvalue weighted by molar-refractivity contribution is 7.80. The molecular formula is C15H30O4S. The van der Waals surface area contributed by atoms with Crippen LogP contribution in [-0.2, 0) is 14.6 Å². The second kappa shape index (κ2) is 12.4. The van der Waals surface area contributed by atoms with Crippen molar-refractivity contribution < 1.29 is 17.2 Å². The molecule has 1 unspecified atom stereocenters. The van der Waals surface area contributed by atoms with E-state index in [9.17, 15) is 8.42 Å². The van der Waals surface area contributed by atoms with Gasteiger partial charge in [-0.3, -0.25) is 4.55 Å². The molecule has 0 aromatic heterocycles. The molecular weight excluding hydrogens is 276 g/mol. The van der Waals surface area contributed by atoms with Gasteiger partial charge in [0.2, 0.25) is 0 Å². The van der Waals surface area contributed by atoms with E-state index in [-0.39, 0.29) is 12.5 Å². The zero-order valence-electron chi connectivity index (χ0n) is 12.9. The van der Waals surface area contributed by atoms with Crippen LogP contribution in [0.15, 0.2) is 12.2 Å². The summed E-state index contributed by atoms with van der Waals surface area (Å²) < 4.78 is 34.4. The topological polar surface area (TPSA) is 63.6 Å². The van der Waals surface area contributed by atoms with Gasteiger partial charge >= 0.3 is 10.4 Å². The molecule has 0 aliphatic rings. The van der Waals surface area contributed by atoms with E-state index < -0.39 is 10.4 Å². The molecule has 0 heterocycles. The zero-order chi connectivity index (χ0) is 15.3. The van der Waals surface area contributed by atoms with Crippen molar-refractivity contribution in [2.75, 3.05) is 6.61 Å². The van der Waals surface area contributed by atoms with E-state index in [0.29, 0.717) is 0 Å². The average Bonchev–Trinajstić information content (AvgIpc) is 2.38. The highest BCUT2D eigenvalue weighted by Crippen LogP contribution is 2.15. The monoisotopic (exact) mass is 306 g/mol. The first-order valence-corrected chi connectivity index (χ1v) is 9.14. The van der Waals surface area contributed by atoms with Crippen molar-refractivity contribution in [3.8, 4) is 0 Å². The Morgan fingerprint density at radius 3 is 2.30 bits per heavy atom. The molecule has 0 aliphatic heterocycles. The van der Waals surface area contributed by atoms with Crippen LogP contribution in [0.4, 0.5) is 0 Å². The van der Waals surface area contributed by atoms with Gasteiger partial charge in [0.25, 0.3) is 0 Å². The van der Waals surface area contributed by atoms with Crippen LogP contribution in [0.2, 0.25) is 0 Å². The lowest BCUT2D eigenvalue weighted by Gasteiger charge is -2.11. The molecule has 1 N–H and O–H groups in total. The Kier molecular flexibility index (Phi) is 12.1. The minimum Gasteiger partial charge on any atom is -0.264 e. The molecule has 4 nitrogen and oxygen atoms in total. The Hall–Kier alpha value is -0.390. The highest BCUT2D eigenvalue weighted by Gasteiger charge is 2.11. The minimum absolute atomic E-state index is 0.0369. The third-order valence-electron chi connectivity index (χ3n) is 3.24. The molecule has 0 saturated carbocycles. The Bertz CT molecular complexity index is 336. The molecule has 120 valence electrons. The van der Waals surface area contributed by atoms with E-state index in [1.54, 1.807) is 0 Å². The molecule has 0 fully saturated rings. The third kappa shape index (κ3) is 14.0. The zero-order valence-corrected chi connectivity index (χ0v) is 13.7. The van der Waals surface area contributed by atoms with Crippen molar-refractivity contribution in [2.24, 2.45) is 5.92 Å². The fraction of sp³-hybridized carbons (Fsp3) is 0.867. The number of hydrogen-bond acceptors (Lipinski definition) is 3. The predicted molar refractivity (Wildman–Crippen MR) is 83.0 cm³/mol. The quantitative estimate of drug-likeness (QED) is 0.308. The second-order valence-electron chi connectivity index (χ2n) is 5.25. The van der Waals surface area contributed by atoms with Crippen LogP contribution in [0.5, 0.6) is 0 Å². The van der Waals surface area contributed by atoms with Gasteiger partial charge in [-0.15, -0.1) is 0 Å². The van der Waals surface area contributed by atoms with Gasteiger partial charge in [-0.05, 0) is 19.3 Å². The lowest BCUT2D eigenvalue weighted by Crippen LogP contribution is -2.12. The van der Waals surface area contributed by atoms with Crippen LogP contribution >= 0.6 is 0 Å². The summed E-state index contributed by atoms with van der Waals surface area (Å²) in [4.78, 5) is 0. The first kappa shape index (κ1) is 19.6. The van der Waals surface area contributed by atoms with Crippen LogP contribution in [0, 0.1) is 5.92 Å². The van der Waals surface area contributed by atoms with Crippen molar-refractivity contribution in [2.45, 2.75) is 71.6 Å². The van der Waals surface area contributed by atoms with E-state index in [0.717, 1.165) is 32.1 Å². The summed E-state index contributed by atoms with van der Waals surface area (Å²) in [5.74, 6) is 0.0652. The molecule has 5 heteroatoms. The smallest absolute Gasteiger partial charge is 0.264 e. The van der Waals surface area contributed by atoms with Crippen molar-refractivity contribution in [3.63, 3.8) is 0 Å². The van der Waals surface area contributed by atoms with Gasteiger partial charge in [0, 0.05) is 5.92 Å². The largest absolute Gasteiger partial charge is 0.397 e. The van der Waals surface area contributed by atoms with Crippen molar-refractivity contribution in [1.29, 1.82) is 0 Å². The maximum absolute atomic E-state index is 10.6. The molecule has 0 amide bonds. The average molecular weight is 306 g/mol. The van der Waals surface area contributed by atoms with E-state index in [4.69, 9.17) is 4.55 Å². The number of unbranched alkanes of at least 4 members (excludes halogenated alkanes) is 6. The van der Waals surface area contributed by atoms with E-state index >= 15 is 0 Å². The van der Waals surface area contributed by atoms with Crippen LogP contribution < -0.4 is 0 Å². The standard InChI is InChI=1S/C15H30O4S/c1-3-5-7-9-11-13-15(12-10-8-6-4-2)14-19-20(16,17)18/h11,13,15H,3-10,12,14H2,1-2H3,(H,16,17,18)/b13-11+. The number of allylic oxidation sites excluding steroid dienone is 1. The maximum Gasteiger partial charge on any atom is 0.397 e. The SMILES string of the molecule is CCCCC/C=C/C(CCCCCC)COS(=O)(=O)O. The summed E-state index contributed by atoms with van der Waals surface area (Å²) in [5.41, 5.74) is 0. The lowest BCUT2D eigenvalue weighted by atomic mass is 10.0. The van der Waals surface area contributed by atoms with Gasteiger partial charge in [-0.1, -0.05) is 64.5 Å². The van der Waals surface area contributed by atoms with Gasteiger partial charge in [-0.2, -0.15) is 8.42 Å². The van der Waals surface area contributed by atoms with Gasteiger partial charge < -0.3 is 0 Å². The molecule has 0 saturated heterocycles. The van der Waals surface area contributed by atoms with Gasteiger partial charge in [0.05, 0.1) is 6.61 Å². The predicted octanol–water partition coefficient (Wildman–Crippen LogP) is 4.53. The molecule has 0 spiro atoms. The molecule has 0 rings (SSSR count). The Morgan fingerprint density at radius 2 is 1.70 bits per heavy atom. The van der Waals surface area contributed by atoms with Crippen LogP contribution in [0.1, 0.15) is 71.6 Å². The van der Waals surface area contributed by atoms with E-state index in [2.05, 4.69) is 24.1 Å². The second-order valence-corrected chi connectivity index (χ2v) is 6.34. The molecule has 1 atom stereocenters. The first-order chi connectivity index (χ1) is 9.49. The molecule has 0 aromatic carbocycles. The summed E-state index contributed by atoms with van der Waals surface area (Å²) in [5, 5.41) is 0. The molecule has 0 radical (unpaired) electrons. The van der Waals surface area contributed by atoms with E-state index in [1.165, 1.54) is 25.7 Å². The summed E-state index contributed by atoms with van der Waals surface area (Å²) in [6, 6.07) is 0. The van der Waals surface area contributed by atoms with Crippen LogP contribution in [0.3, 0.4) is 0 Å². The number of rotatable bonds is 13. The molecule has 20 heavy (non-hydrogen) atoms. The van der Waals surface area contributed by atoms with Crippen molar-refractivity contribution in [1.82, 2.24) is 0 Å². The van der Waals surface area contributed by atoms with Gasteiger partial charge in [0.1, 0.15) is 0 Å². The Morgan fingerprint density at radius 1 is 1.05 bits per heavy atom. The maximum atomic E-state index is 10.6. The van der Waals surface area contributed by atoms with Crippen molar-refractivity contribution in [3.05, 3.63) is 12.2 Å².